The smallest absolute Gasteiger partial charge is 0.407 e. The first-order valence-corrected chi connectivity index (χ1v) is 21.2. The summed E-state index contributed by atoms with van der Waals surface area (Å²) in [5, 5.41) is 36.0. The zero-order chi connectivity index (χ0) is 50.1. The van der Waals surface area contributed by atoms with Crippen LogP contribution >= 0.6 is 0 Å². The fraction of sp³-hybridized carbons (Fsp3) is 0.659. The van der Waals surface area contributed by atoms with Crippen LogP contribution in [0.15, 0.2) is 48.6 Å². The molecule has 1 saturated heterocycles. The molecule has 0 aromatic rings. The van der Waals surface area contributed by atoms with Crippen molar-refractivity contribution >= 4 is 42.2 Å². The summed E-state index contributed by atoms with van der Waals surface area (Å²) in [7, 11) is 0. The number of esters is 4. The van der Waals surface area contributed by atoms with Crippen LogP contribution in [0.3, 0.4) is 0 Å². The third-order valence-corrected chi connectivity index (χ3v) is 8.15. The summed E-state index contributed by atoms with van der Waals surface area (Å²) in [5.41, 5.74) is 1.20. The van der Waals surface area contributed by atoms with Crippen molar-refractivity contribution < 1.29 is 86.8 Å². The molecular weight excluding hydrogens is 858 g/mol. The van der Waals surface area contributed by atoms with E-state index < -0.39 is 66.7 Å². The number of nitrogens with one attached hydrogen (secondary N) is 3. The lowest BCUT2D eigenvalue weighted by Gasteiger charge is -2.25. The molecule has 21 nitrogen and oxygen atoms in total. The van der Waals surface area contributed by atoms with Gasteiger partial charge in [0, 0.05) is 54.5 Å². The van der Waals surface area contributed by atoms with Crippen molar-refractivity contribution in [1.82, 2.24) is 16.0 Å². The fourth-order valence-corrected chi connectivity index (χ4v) is 4.56. The summed E-state index contributed by atoms with van der Waals surface area (Å²) in [6, 6.07) is 0. The quantitative estimate of drug-likeness (QED) is 0.0215. The van der Waals surface area contributed by atoms with Crippen molar-refractivity contribution in [3.63, 3.8) is 0 Å². The Morgan fingerprint density at radius 1 is 0.569 bits per heavy atom. The number of hydrogen-bond acceptors (Lipinski definition) is 18. The van der Waals surface area contributed by atoms with Crippen molar-refractivity contribution in [3.8, 4) is 0 Å². The number of alkyl carbamates (subject to hydrolysis) is 3. The molecular formula is C44H73N3O18. The molecule has 0 spiro atoms. The molecule has 0 saturated carbocycles. The maximum Gasteiger partial charge on any atom is 0.407 e. The third kappa shape index (κ3) is 35.5. The molecule has 7 atom stereocenters. The fourth-order valence-electron chi connectivity index (χ4n) is 4.56. The number of ether oxygens (including phenoxy) is 8. The second-order valence-electron chi connectivity index (χ2n) is 15.0. The molecule has 65 heavy (non-hydrogen) atoms. The molecule has 6 N–H and O–H groups in total. The maximum absolute atomic E-state index is 12.3. The van der Waals surface area contributed by atoms with Crippen molar-refractivity contribution in [2.75, 3.05) is 52.7 Å². The van der Waals surface area contributed by atoms with Gasteiger partial charge in [-0.15, -0.1) is 0 Å². The highest BCUT2D eigenvalue weighted by Crippen LogP contribution is 2.18. The van der Waals surface area contributed by atoms with Crippen molar-refractivity contribution in [2.24, 2.45) is 0 Å². The molecule has 7 unspecified atom stereocenters. The van der Waals surface area contributed by atoms with Gasteiger partial charge in [-0.05, 0) is 54.4 Å². The largest absolute Gasteiger partial charge is 0.460 e. The average Bonchev–Trinajstić information content (AvgIpc) is 4.06. The summed E-state index contributed by atoms with van der Waals surface area (Å²) < 4.78 is 40.2. The topological polar surface area (TPSA) is 293 Å². The van der Waals surface area contributed by atoms with E-state index in [1.54, 1.807) is 34.6 Å². The lowest BCUT2D eigenvalue weighted by atomic mass is 10.0. The molecule has 372 valence electrons. The zero-order valence-electron chi connectivity index (χ0n) is 39.2. The van der Waals surface area contributed by atoms with E-state index in [-0.39, 0.29) is 88.0 Å². The highest BCUT2D eigenvalue weighted by Gasteiger charge is 2.26. The first-order chi connectivity index (χ1) is 30.4. The van der Waals surface area contributed by atoms with Gasteiger partial charge in [0.25, 0.3) is 0 Å². The predicted molar refractivity (Wildman–Crippen MR) is 236 cm³/mol. The van der Waals surface area contributed by atoms with Crippen LogP contribution in [0, 0.1) is 0 Å². The maximum atomic E-state index is 12.3. The van der Waals surface area contributed by atoms with Gasteiger partial charge in [0.05, 0.1) is 38.5 Å². The minimum atomic E-state index is -1.00. The molecule has 0 aliphatic carbocycles. The average molecular weight is 932 g/mol. The molecule has 3 amide bonds. The highest BCUT2D eigenvalue weighted by atomic mass is 16.6. The molecule has 0 radical (unpaired) electrons. The number of aliphatic hydroxyl groups is 3. The van der Waals surface area contributed by atoms with Gasteiger partial charge in [0.2, 0.25) is 0 Å². The molecule has 1 aliphatic rings. The van der Waals surface area contributed by atoms with E-state index >= 15 is 0 Å². The summed E-state index contributed by atoms with van der Waals surface area (Å²) in [4.78, 5) is 80.2. The first kappa shape index (κ1) is 61.6. The summed E-state index contributed by atoms with van der Waals surface area (Å²) >= 11 is 0. The number of carbonyl (C=O) groups is 7. The van der Waals surface area contributed by atoms with Gasteiger partial charge in [-0.25, -0.2) is 33.6 Å². The van der Waals surface area contributed by atoms with Gasteiger partial charge in [-0.3, -0.25) is 0 Å². The molecule has 0 aromatic carbocycles. The van der Waals surface area contributed by atoms with Crippen LogP contribution in [0.25, 0.3) is 0 Å². The lowest BCUT2D eigenvalue weighted by Crippen LogP contribution is -2.37. The number of hydrogen-bond donors (Lipinski definition) is 6. The molecule has 21 heteroatoms. The molecule has 1 fully saturated rings. The first-order valence-electron chi connectivity index (χ1n) is 21.2. The normalized spacial score (nSPS) is 14.9. The van der Waals surface area contributed by atoms with E-state index in [2.05, 4.69) is 42.3 Å². The number of carbonyl (C=O) groups excluding carboxylic acids is 7. The van der Waals surface area contributed by atoms with Crippen LogP contribution in [-0.2, 0) is 57.1 Å². The second-order valence-corrected chi connectivity index (χ2v) is 15.0. The van der Waals surface area contributed by atoms with Gasteiger partial charge in [-0.2, -0.15) is 0 Å². The Bertz CT molecular complexity index is 1550. The number of epoxide rings is 1. The Morgan fingerprint density at radius 3 is 1.40 bits per heavy atom. The van der Waals surface area contributed by atoms with Gasteiger partial charge >= 0.3 is 42.2 Å². The molecule has 1 heterocycles. The van der Waals surface area contributed by atoms with Crippen LogP contribution in [0.1, 0.15) is 93.9 Å². The summed E-state index contributed by atoms with van der Waals surface area (Å²) in [5.74, 6) is -1.98. The van der Waals surface area contributed by atoms with Gasteiger partial charge in [0.1, 0.15) is 50.3 Å². The van der Waals surface area contributed by atoms with Crippen LogP contribution in [0.4, 0.5) is 14.4 Å². The van der Waals surface area contributed by atoms with Crippen LogP contribution in [0.5, 0.6) is 0 Å². The highest BCUT2D eigenvalue weighted by molar-refractivity contribution is 5.88. The Morgan fingerprint density at radius 2 is 0.985 bits per heavy atom. The third-order valence-electron chi connectivity index (χ3n) is 8.15. The lowest BCUT2D eigenvalue weighted by molar-refractivity contribution is -0.146. The second kappa shape index (κ2) is 35.8. The van der Waals surface area contributed by atoms with Crippen LogP contribution in [-0.4, -0.2) is 153 Å². The predicted octanol–water partition coefficient (Wildman–Crippen LogP) is 3.62. The SMILES string of the molecule is C=C(C)C(=O)OCC1CO1.C=C(C)C(=O)OCCNC(=O)OC(C)CC(O)CC.C=C(C)C(=O)OCCNC(=O)OC(CC(O)CC(CC)OC(=O)C(=C)C)CC(C)OC(=O)NCCO. The van der Waals surface area contributed by atoms with Crippen LogP contribution in [0.2, 0.25) is 0 Å². The number of aliphatic hydroxyl groups excluding tert-OH is 3. The van der Waals surface area contributed by atoms with Crippen LogP contribution < -0.4 is 16.0 Å². The minimum Gasteiger partial charge on any atom is -0.460 e. The number of rotatable bonds is 28. The van der Waals surface area contributed by atoms with E-state index in [0.717, 1.165) is 0 Å². The standard InChI is InChI=1S/C24H40N2O10.C13H23NO5.C7H10O3/c1-7-19(35-22(30)16(4)5)13-18(28)14-20(12-17(6)34-23(31)25-8-10-27)36-24(32)26-9-11-33-21(29)15(2)3;1-5-11(15)8-10(4)19-13(17)14-6-7-18-12(16)9(2)3;1-5(2)7(8)10-4-6-3-9-6/h17-20,27-28H,2,4,7-14H2,1,3,5-6H3,(H,25,31)(H,26,32);10-11,15H,2,5-8H2,1,3-4H3,(H,14,17);6H,1,3-4H2,2H3. The Balaban J connectivity index is 0. The molecule has 0 bridgehead atoms. The van der Waals surface area contributed by atoms with E-state index in [1.807, 2.05) is 6.92 Å². The monoisotopic (exact) mass is 931 g/mol. The van der Waals surface area contributed by atoms with Crippen molar-refractivity contribution in [2.45, 2.75) is 137 Å². The van der Waals surface area contributed by atoms with Gasteiger partial charge in [-0.1, -0.05) is 40.2 Å². The van der Waals surface area contributed by atoms with E-state index in [4.69, 9.17) is 43.0 Å². The summed E-state index contributed by atoms with van der Waals surface area (Å²) in [6.45, 7) is 28.0. The molecule has 1 rings (SSSR count). The Kier molecular flexibility index (Phi) is 33.9. The van der Waals surface area contributed by atoms with Crippen molar-refractivity contribution in [1.29, 1.82) is 0 Å². The molecule has 1 aliphatic heterocycles. The van der Waals surface area contributed by atoms with E-state index in [1.165, 1.54) is 13.8 Å². The van der Waals surface area contributed by atoms with Gasteiger partial charge in [0.15, 0.2) is 0 Å². The zero-order valence-corrected chi connectivity index (χ0v) is 39.2. The Hall–Kier alpha value is -5.51. The van der Waals surface area contributed by atoms with Crippen molar-refractivity contribution in [3.05, 3.63) is 48.6 Å². The Labute approximate surface area is 382 Å². The van der Waals surface area contributed by atoms with E-state index in [0.29, 0.717) is 43.6 Å². The van der Waals surface area contributed by atoms with Gasteiger partial charge < -0.3 is 69.2 Å². The minimum absolute atomic E-state index is 0.0164. The number of amides is 3. The molecule has 0 aromatic heterocycles. The summed E-state index contributed by atoms with van der Waals surface area (Å²) in [6.07, 6.45) is -4.41. The van der Waals surface area contributed by atoms with E-state index in [9.17, 15) is 43.8 Å².